The Labute approximate surface area is 148 Å². The Hall–Kier alpha value is -1.04. The minimum absolute atomic E-state index is 0.887. The molecule has 0 aliphatic heterocycles. The number of rotatable bonds is 2. The SMILES string of the molecule is CC=C[C@@H]1CC[C@@H]2CC(C3CCc4cc(C)ccc4C3)CC[C@@H]2C1. The molecule has 1 aromatic rings. The van der Waals surface area contributed by atoms with Crippen LogP contribution in [0, 0.1) is 36.5 Å². The maximum Gasteiger partial charge on any atom is -0.0231 e. The predicted molar refractivity (Wildman–Crippen MR) is 103 cm³/mol. The molecule has 0 bridgehead atoms. The molecule has 1 aromatic carbocycles. The summed E-state index contributed by atoms with van der Waals surface area (Å²) in [6.45, 7) is 4.42. The molecule has 2 saturated carbocycles. The Morgan fingerprint density at radius 1 is 0.833 bits per heavy atom. The number of allylic oxidation sites excluding steroid dienone is 2. The van der Waals surface area contributed by atoms with Crippen LogP contribution < -0.4 is 0 Å². The topological polar surface area (TPSA) is 0 Å². The summed E-state index contributed by atoms with van der Waals surface area (Å²) < 4.78 is 0. The Bertz CT molecular complexity index is 596. The Morgan fingerprint density at radius 2 is 1.58 bits per heavy atom. The molecule has 0 N–H and O–H groups in total. The highest BCUT2D eigenvalue weighted by atomic mass is 14.4. The van der Waals surface area contributed by atoms with Crippen molar-refractivity contribution in [2.75, 3.05) is 0 Å². The quantitative estimate of drug-likeness (QED) is 0.544. The molecule has 3 aliphatic carbocycles. The van der Waals surface area contributed by atoms with E-state index in [1.54, 1.807) is 17.5 Å². The van der Waals surface area contributed by atoms with Crippen molar-refractivity contribution in [1.82, 2.24) is 0 Å². The van der Waals surface area contributed by atoms with Crippen molar-refractivity contribution in [2.45, 2.75) is 71.6 Å². The minimum Gasteiger partial charge on any atom is -0.0914 e. The number of hydrogen-bond acceptors (Lipinski definition) is 0. The first-order valence-corrected chi connectivity index (χ1v) is 10.4. The molecular formula is C24H34. The van der Waals surface area contributed by atoms with E-state index in [4.69, 9.17) is 0 Å². The fourth-order valence-electron chi connectivity index (χ4n) is 6.15. The molecule has 2 fully saturated rings. The van der Waals surface area contributed by atoms with Gasteiger partial charge in [0.25, 0.3) is 0 Å². The van der Waals surface area contributed by atoms with Crippen molar-refractivity contribution in [2.24, 2.45) is 29.6 Å². The van der Waals surface area contributed by atoms with Gasteiger partial charge in [-0.25, -0.2) is 0 Å². The van der Waals surface area contributed by atoms with Gasteiger partial charge in [-0.1, -0.05) is 35.9 Å². The van der Waals surface area contributed by atoms with Gasteiger partial charge < -0.3 is 0 Å². The van der Waals surface area contributed by atoms with Crippen molar-refractivity contribution in [3.8, 4) is 0 Å². The first-order valence-electron chi connectivity index (χ1n) is 10.4. The smallest absolute Gasteiger partial charge is 0.0231 e. The summed E-state index contributed by atoms with van der Waals surface area (Å²) in [5, 5.41) is 0. The minimum atomic E-state index is 0.887. The summed E-state index contributed by atoms with van der Waals surface area (Å²) in [6, 6.07) is 7.18. The third kappa shape index (κ3) is 3.35. The Kier molecular flexibility index (Phi) is 4.83. The van der Waals surface area contributed by atoms with Gasteiger partial charge >= 0.3 is 0 Å². The molecule has 3 aliphatic rings. The highest BCUT2D eigenvalue weighted by Crippen LogP contribution is 2.48. The van der Waals surface area contributed by atoms with Gasteiger partial charge in [0.05, 0.1) is 0 Å². The van der Waals surface area contributed by atoms with Crippen LogP contribution in [0.15, 0.2) is 30.4 Å². The van der Waals surface area contributed by atoms with Gasteiger partial charge in [-0.3, -0.25) is 0 Å². The summed E-state index contributed by atoms with van der Waals surface area (Å²) in [5.74, 6) is 4.95. The molecule has 5 atom stereocenters. The molecule has 0 spiro atoms. The van der Waals surface area contributed by atoms with Crippen LogP contribution in [0.4, 0.5) is 0 Å². The molecule has 0 saturated heterocycles. The van der Waals surface area contributed by atoms with Gasteiger partial charge in [-0.05, 0) is 112 Å². The summed E-state index contributed by atoms with van der Waals surface area (Å²) in [7, 11) is 0. The third-order valence-electron chi connectivity index (χ3n) is 7.45. The molecular weight excluding hydrogens is 288 g/mol. The third-order valence-corrected chi connectivity index (χ3v) is 7.45. The predicted octanol–water partition coefficient (Wildman–Crippen LogP) is 6.51. The average Bonchev–Trinajstić information content (AvgIpc) is 2.61. The molecule has 0 aromatic heterocycles. The summed E-state index contributed by atoms with van der Waals surface area (Å²) in [4.78, 5) is 0. The zero-order chi connectivity index (χ0) is 16.5. The van der Waals surface area contributed by atoms with E-state index in [1.165, 1.54) is 56.9 Å². The van der Waals surface area contributed by atoms with E-state index in [-0.39, 0.29) is 0 Å². The van der Waals surface area contributed by atoms with E-state index in [0.29, 0.717) is 0 Å². The molecule has 0 nitrogen and oxygen atoms in total. The van der Waals surface area contributed by atoms with Crippen molar-refractivity contribution >= 4 is 0 Å². The van der Waals surface area contributed by atoms with E-state index >= 15 is 0 Å². The molecule has 4 rings (SSSR count). The molecule has 24 heavy (non-hydrogen) atoms. The zero-order valence-electron chi connectivity index (χ0n) is 15.6. The second-order valence-electron chi connectivity index (χ2n) is 8.97. The second kappa shape index (κ2) is 7.06. The fourth-order valence-corrected chi connectivity index (χ4v) is 6.15. The maximum absolute atomic E-state index is 2.47. The van der Waals surface area contributed by atoms with E-state index < -0.39 is 0 Å². The van der Waals surface area contributed by atoms with Gasteiger partial charge in [0.2, 0.25) is 0 Å². The number of aryl methyl sites for hydroxylation is 2. The lowest BCUT2D eigenvalue weighted by molar-refractivity contribution is 0.0810. The van der Waals surface area contributed by atoms with Crippen LogP contribution in [0.5, 0.6) is 0 Å². The van der Waals surface area contributed by atoms with Gasteiger partial charge in [0.15, 0.2) is 0 Å². The average molecular weight is 323 g/mol. The van der Waals surface area contributed by atoms with Crippen LogP contribution in [-0.4, -0.2) is 0 Å². The summed E-state index contributed by atoms with van der Waals surface area (Å²) in [5.41, 5.74) is 4.74. The van der Waals surface area contributed by atoms with Crippen LogP contribution >= 0.6 is 0 Å². The van der Waals surface area contributed by atoms with Crippen molar-refractivity contribution in [1.29, 1.82) is 0 Å². The van der Waals surface area contributed by atoms with Crippen molar-refractivity contribution in [3.63, 3.8) is 0 Å². The molecule has 130 valence electrons. The van der Waals surface area contributed by atoms with Crippen LogP contribution in [0.25, 0.3) is 0 Å². The lowest BCUT2D eigenvalue weighted by Crippen LogP contribution is -2.34. The lowest BCUT2D eigenvalue weighted by Gasteiger charge is -2.44. The lowest BCUT2D eigenvalue weighted by atomic mass is 9.61. The number of fused-ring (bicyclic) bond motifs is 2. The Morgan fingerprint density at radius 3 is 2.42 bits per heavy atom. The largest absolute Gasteiger partial charge is 0.0914 e. The fraction of sp³-hybridized carbons (Fsp3) is 0.667. The number of hydrogen-bond donors (Lipinski definition) is 0. The van der Waals surface area contributed by atoms with Crippen LogP contribution in [0.1, 0.15) is 68.6 Å². The first-order chi connectivity index (χ1) is 11.7. The van der Waals surface area contributed by atoms with Crippen molar-refractivity contribution < 1.29 is 0 Å². The molecule has 0 amide bonds. The van der Waals surface area contributed by atoms with E-state index in [9.17, 15) is 0 Å². The van der Waals surface area contributed by atoms with E-state index in [0.717, 1.165) is 29.6 Å². The van der Waals surface area contributed by atoms with Gasteiger partial charge in [0, 0.05) is 0 Å². The van der Waals surface area contributed by atoms with Gasteiger partial charge in [-0.15, -0.1) is 0 Å². The molecule has 0 heterocycles. The van der Waals surface area contributed by atoms with Gasteiger partial charge in [-0.2, -0.15) is 0 Å². The maximum atomic E-state index is 2.47. The van der Waals surface area contributed by atoms with Crippen LogP contribution in [0.3, 0.4) is 0 Å². The van der Waals surface area contributed by atoms with E-state index in [1.807, 2.05) is 0 Å². The Balaban J connectivity index is 1.38. The molecule has 0 radical (unpaired) electrons. The van der Waals surface area contributed by atoms with Crippen molar-refractivity contribution in [3.05, 3.63) is 47.0 Å². The zero-order valence-corrected chi connectivity index (χ0v) is 15.6. The summed E-state index contributed by atoms with van der Waals surface area (Å²) >= 11 is 0. The second-order valence-corrected chi connectivity index (χ2v) is 8.97. The standard InChI is InChI=1S/C24H34/c1-3-4-18-6-8-22-16-24(12-10-20(22)14-18)23-11-9-19-13-17(2)5-7-21(19)15-23/h3-5,7,13,18,20,22-24H,6,8-12,14-16H2,1-2H3/t18-,20-,22-,23?,24?/m1/s1. The molecule has 0 heteroatoms. The summed E-state index contributed by atoms with van der Waals surface area (Å²) in [6.07, 6.45) is 17.9. The normalized spacial score (nSPS) is 36.3. The first kappa shape index (κ1) is 16.4. The molecule has 2 unspecified atom stereocenters. The van der Waals surface area contributed by atoms with Crippen LogP contribution in [0.2, 0.25) is 0 Å². The number of benzene rings is 1. The van der Waals surface area contributed by atoms with Gasteiger partial charge in [0.1, 0.15) is 0 Å². The van der Waals surface area contributed by atoms with Crippen LogP contribution in [-0.2, 0) is 12.8 Å². The highest BCUT2D eigenvalue weighted by Gasteiger charge is 2.38. The highest BCUT2D eigenvalue weighted by molar-refractivity contribution is 5.33. The van der Waals surface area contributed by atoms with E-state index in [2.05, 4.69) is 44.2 Å². The monoisotopic (exact) mass is 322 g/mol.